The van der Waals surface area contributed by atoms with Gasteiger partial charge in [0.25, 0.3) is 0 Å². The molecule has 0 aromatic rings. The van der Waals surface area contributed by atoms with E-state index >= 15 is 0 Å². The van der Waals surface area contributed by atoms with Crippen molar-refractivity contribution in [3.8, 4) is 0 Å². The maximum absolute atomic E-state index is 2.49. The molecule has 0 fully saturated rings. The van der Waals surface area contributed by atoms with Gasteiger partial charge in [0.15, 0.2) is 0 Å². The van der Waals surface area contributed by atoms with Gasteiger partial charge in [0.2, 0.25) is 0 Å². The third-order valence-electron chi connectivity index (χ3n) is 0.698. The molecule has 0 N–H and O–H groups in total. The van der Waals surface area contributed by atoms with E-state index in [9.17, 15) is 0 Å². The van der Waals surface area contributed by atoms with Gasteiger partial charge in [-0.15, -0.1) is 24.8 Å². The van der Waals surface area contributed by atoms with E-state index in [1.165, 1.54) is 1.67 Å². The Bertz CT molecular complexity index is 107. The van der Waals surface area contributed by atoms with Gasteiger partial charge >= 0.3 is 62.1 Å². The quantitative estimate of drug-likeness (QED) is 0.602. The Morgan fingerprint density at radius 3 is 2.12 bits per heavy atom. The van der Waals surface area contributed by atoms with Crippen molar-refractivity contribution in [2.75, 3.05) is 0 Å². The third-order valence-corrected chi connectivity index (χ3v) is 1.41. The summed E-state index contributed by atoms with van der Waals surface area (Å²) in [7, 11) is 0. The predicted octanol–water partition coefficient (Wildman–Crippen LogP) is 2.22. The molecule has 0 amide bonds. The molecule has 0 heterocycles. The topological polar surface area (TPSA) is 0 Å². The SMILES string of the molecule is Cl.Cl.[Ho][C]1=CC=CC1. The van der Waals surface area contributed by atoms with Crippen molar-refractivity contribution in [1.29, 1.82) is 0 Å². The average molecular weight is 303 g/mol. The maximum atomic E-state index is 2.49. The van der Waals surface area contributed by atoms with Gasteiger partial charge in [-0.3, -0.25) is 0 Å². The summed E-state index contributed by atoms with van der Waals surface area (Å²) in [6.45, 7) is 0. The third kappa shape index (κ3) is 4.22. The van der Waals surface area contributed by atoms with Crippen LogP contribution in [0.4, 0.5) is 0 Å². The molecular weight excluding hydrogens is 296 g/mol. The van der Waals surface area contributed by atoms with Crippen LogP contribution in [-0.4, -0.2) is 0 Å². The second-order valence-electron chi connectivity index (χ2n) is 1.20. The van der Waals surface area contributed by atoms with Crippen molar-refractivity contribution < 1.29 is 35.8 Å². The van der Waals surface area contributed by atoms with E-state index in [4.69, 9.17) is 0 Å². The van der Waals surface area contributed by atoms with Gasteiger partial charge in [-0.05, 0) is 0 Å². The van der Waals surface area contributed by atoms with Crippen LogP contribution in [0, 0.1) is 35.8 Å². The molecule has 0 spiro atoms. The van der Waals surface area contributed by atoms with Crippen LogP contribution < -0.4 is 0 Å². The molecule has 0 unspecified atom stereocenters. The molecule has 52 valence electrons. The standard InChI is InChI=1S/C5H5.2ClH.Ho/c1-2-4-5-3-1;;;/h1-3H,4H2;2*1H;. The minimum atomic E-state index is 0. The van der Waals surface area contributed by atoms with Gasteiger partial charge < -0.3 is 0 Å². The summed E-state index contributed by atoms with van der Waals surface area (Å²) >= 11 is 2.49. The van der Waals surface area contributed by atoms with Crippen LogP contribution in [0.2, 0.25) is 0 Å². The number of allylic oxidation sites excluding steroid dienone is 4. The second kappa shape index (κ2) is 6.44. The Labute approximate surface area is 85.9 Å². The fourth-order valence-corrected chi connectivity index (χ4v) is 0.819. The van der Waals surface area contributed by atoms with E-state index in [-0.39, 0.29) is 24.8 Å². The second-order valence-corrected chi connectivity index (χ2v) is 2.44. The number of hydrogen-bond acceptors (Lipinski definition) is 0. The first-order valence-electron chi connectivity index (χ1n) is 1.87. The van der Waals surface area contributed by atoms with E-state index in [2.05, 4.69) is 54.0 Å². The molecule has 0 saturated carbocycles. The molecule has 8 heavy (non-hydrogen) atoms. The summed E-state index contributed by atoms with van der Waals surface area (Å²) in [6.07, 6.45) is 7.48. The molecule has 1 aliphatic carbocycles. The van der Waals surface area contributed by atoms with Gasteiger partial charge in [-0.25, -0.2) is 0 Å². The molecule has 0 atom stereocenters. The minimum absolute atomic E-state index is 0. The van der Waals surface area contributed by atoms with E-state index in [1.54, 1.807) is 0 Å². The Morgan fingerprint density at radius 1 is 1.38 bits per heavy atom. The van der Waals surface area contributed by atoms with Crippen LogP contribution in [-0.2, 0) is 0 Å². The summed E-state index contributed by atoms with van der Waals surface area (Å²) in [6, 6.07) is 0. The summed E-state index contributed by atoms with van der Waals surface area (Å²) in [5.74, 6) is 0. The zero-order valence-corrected chi connectivity index (χ0v) is 7.62. The van der Waals surface area contributed by atoms with Gasteiger partial charge in [0.05, 0.1) is 0 Å². The molecule has 0 bridgehead atoms. The van der Waals surface area contributed by atoms with E-state index < -0.39 is 0 Å². The van der Waals surface area contributed by atoms with Gasteiger partial charge in [0.1, 0.15) is 0 Å². The van der Waals surface area contributed by atoms with E-state index in [0.717, 1.165) is 6.42 Å². The fraction of sp³-hybridized carbons (Fsp3) is 0.200. The molecule has 3 heteroatoms. The van der Waals surface area contributed by atoms with Crippen molar-refractivity contribution in [2.24, 2.45) is 0 Å². The predicted molar refractivity (Wildman–Crippen MR) is 36.3 cm³/mol. The van der Waals surface area contributed by atoms with Crippen LogP contribution in [0.5, 0.6) is 0 Å². The molecule has 0 aliphatic heterocycles. The Kier molecular flexibility index (Phi) is 9.69. The van der Waals surface area contributed by atoms with Gasteiger partial charge in [-0.2, -0.15) is 0 Å². The van der Waals surface area contributed by atoms with Crippen LogP contribution in [0.3, 0.4) is 0 Å². The Hall–Kier alpha value is 1.32. The van der Waals surface area contributed by atoms with Crippen molar-refractivity contribution >= 4 is 24.8 Å². The van der Waals surface area contributed by atoms with Crippen molar-refractivity contribution in [1.82, 2.24) is 0 Å². The first kappa shape index (κ1) is 12.0. The monoisotopic (exact) mass is 302 g/mol. The van der Waals surface area contributed by atoms with E-state index in [1.807, 2.05) is 0 Å². The number of hydrogen-bond donors (Lipinski definition) is 0. The normalized spacial score (nSPS) is 14.0. The zero-order valence-electron chi connectivity index (χ0n) is 4.06. The summed E-state index contributed by atoms with van der Waals surface area (Å²) in [4.78, 5) is 0. The van der Waals surface area contributed by atoms with Crippen molar-refractivity contribution in [3.63, 3.8) is 0 Å². The van der Waals surface area contributed by atoms with Gasteiger partial charge in [0, 0.05) is 0 Å². The van der Waals surface area contributed by atoms with Crippen molar-refractivity contribution in [2.45, 2.75) is 6.42 Å². The van der Waals surface area contributed by atoms with Crippen molar-refractivity contribution in [3.05, 3.63) is 19.9 Å². The molecule has 1 aliphatic rings. The Morgan fingerprint density at radius 2 is 2.00 bits per heavy atom. The summed E-state index contributed by atoms with van der Waals surface area (Å²) < 4.78 is 1.41. The molecule has 1 rings (SSSR count). The van der Waals surface area contributed by atoms with Crippen LogP contribution in [0.25, 0.3) is 0 Å². The number of halogens is 2. The van der Waals surface area contributed by atoms with Crippen LogP contribution >= 0.6 is 24.8 Å². The zero-order chi connectivity index (χ0) is 4.41. The molecule has 0 saturated heterocycles. The summed E-state index contributed by atoms with van der Waals surface area (Å²) in [5, 5.41) is 0. The summed E-state index contributed by atoms with van der Waals surface area (Å²) in [5.41, 5.74) is 0. The number of rotatable bonds is 0. The molecule has 0 radical (unpaired) electrons. The molecule has 0 aromatic carbocycles. The molecular formula is C5H7Cl2Ho. The van der Waals surface area contributed by atoms with Gasteiger partial charge in [-0.1, -0.05) is 0 Å². The average Bonchev–Trinajstić information content (AvgIpc) is 1.86. The van der Waals surface area contributed by atoms with Crippen LogP contribution in [0.15, 0.2) is 19.9 Å². The first-order valence-corrected chi connectivity index (χ1v) is 2.84. The molecule has 0 aromatic heterocycles. The fourth-order valence-electron chi connectivity index (χ4n) is 0.405. The first-order chi connectivity index (χ1) is 2.89. The van der Waals surface area contributed by atoms with E-state index in [0.29, 0.717) is 0 Å². The molecule has 0 nitrogen and oxygen atoms in total. The Balaban J connectivity index is 0. The van der Waals surface area contributed by atoms with Crippen LogP contribution in [0.1, 0.15) is 6.42 Å².